The Kier molecular flexibility index (Phi) is 14.8. The Morgan fingerprint density at radius 2 is 1.73 bits per heavy atom. The first-order valence-electron chi connectivity index (χ1n) is 15.0. The second-order valence-electron chi connectivity index (χ2n) is 11.6. The van der Waals surface area contributed by atoms with Gasteiger partial charge in [0.1, 0.15) is 10.7 Å². The van der Waals surface area contributed by atoms with Gasteiger partial charge in [-0.2, -0.15) is 5.11 Å². The van der Waals surface area contributed by atoms with Crippen molar-refractivity contribution in [3.8, 4) is 0 Å². The average molecular weight is 630 g/mol. The number of likely N-dealkylation sites (N-methyl/N-ethyl adjacent to an activating group) is 1. The van der Waals surface area contributed by atoms with Crippen LogP contribution >= 0.6 is 11.3 Å². The number of nitrogens with two attached hydrogens (primary N) is 1. The minimum Gasteiger partial charge on any atom is -0.469 e. The highest BCUT2D eigenvalue weighted by atomic mass is 32.1. The van der Waals surface area contributed by atoms with Crippen LogP contribution in [-0.2, 0) is 30.3 Å². The van der Waals surface area contributed by atoms with E-state index in [-0.39, 0.29) is 41.9 Å². The van der Waals surface area contributed by atoms with Crippen molar-refractivity contribution in [3.63, 3.8) is 0 Å². The number of esters is 2. The van der Waals surface area contributed by atoms with E-state index in [0.717, 1.165) is 12.0 Å². The van der Waals surface area contributed by atoms with Crippen LogP contribution in [-0.4, -0.2) is 65.9 Å². The highest BCUT2D eigenvalue weighted by Crippen LogP contribution is 2.31. The number of benzene rings is 1. The van der Waals surface area contributed by atoms with Crippen molar-refractivity contribution in [2.24, 2.45) is 33.7 Å². The lowest BCUT2D eigenvalue weighted by molar-refractivity contribution is -0.149. The highest BCUT2D eigenvalue weighted by molar-refractivity contribution is 7.09. The normalized spacial score (nSPS) is 15.7. The summed E-state index contributed by atoms with van der Waals surface area (Å²) in [6.45, 7) is 11.0. The van der Waals surface area contributed by atoms with Crippen LogP contribution in [0.15, 0.2) is 45.9 Å². The molecule has 12 heteroatoms. The van der Waals surface area contributed by atoms with Gasteiger partial charge in [-0.05, 0) is 30.2 Å². The summed E-state index contributed by atoms with van der Waals surface area (Å²) >= 11 is 1.17. The minimum atomic E-state index is -0.787. The van der Waals surface area contributed by atoms with Crippen molar-refractivity contribution in [1.82, 2.24) is 9.88 Å². The molecule has 1 heterocycles. The van der Waals surface area contributed by atoms with Crippen molar-refractivity contribution >= 4 is 35.1 Å². The topological polar surface area (TPSA) is 154 Å². The third-order valence-corrected chi connectivity index (χ3v) is 8.73. The summed E-state index contributed by atoms with van der Waals surface area (Å²) < 4.78 is 10.5. The third-order valence-electron chi connectivity index (χ3n) is 7.79. The summed E-state index contributed by atoms with van der Waals surface area (Å²) in [7, 11) is 3.05. The molecule has 11 nitrogen and oxygen atoms in total. The highest BCUT2D eigenvalue weighted by Gasteiger charge is 2.33. The van der Waals surface area contributed by atoms with Crippen LogP contribution in [0.4, 0.5) is 0 Å². The number of amides is 2. The predicted molar refractivity (Wildman–Crippen MR) is 169 cm³/mol. The van der Waals surface area contributed by atoms with Crippen molar-refractivity contribution in [3.05, 3.63) is 52.0 Å². The molecule has 44 heavy (non-hydrogen) atoms. The van der Waals surface area contributed by atoms with E-state index >= 15 is 0 Å². The molecule has 242 valence electrons. The van der Waals surface area contributed by atoms with Crippen LogP contribution in [0.3, 0.4) is 0 Å². The molecule has 1 aromatic heterocycles. The molecule has 2 amide bonds. The number of hydrogen-bond donors (Lipinski definition) is 1. The van der Waals surface area contributed by atoms with Crippen LogP contribution in [0.25, 0.3) is 0 Å². The number of aromatic nitrogens is 1. The molecule has 0 aliphatic rings. The van der Waals surface area contributed by atoms with Gasteiger partial charge in [0.05, 0.1) is 25.1 Å². The summed E-state index contributed by atoms with van der Waals surface area (Å²) in [5.74, 6) is -2.09. The van der Waals surface area contributed by atoms with Gasteiger partial charge in [-0.1, -0.05) is 71.4 Å². The van der Waals surface area contributed by atoms with Gasteiger partial charge in [-0.25, -0.2) is 4.98 Å². The molecule has 0 aliphatic carbocycles. The summed E-state index contributed by atoms with van der Waals surface area (Å²) in [6.07, 6.45) is 1.09. The van der Waals surface area contributed by atoms with E-state index in [1.165, 1.54) is 25.4 Å². The number of methoxy groups -OCH3 is 1. The molecule has 0 saturated carbocycles. The monoisotopic (exact) mass is 629 g/mol. The lowest BCUT2D eigenvalue weighted by Crippen LogP contribution is -2.51. The molecule has 0 radical (unpaired) electrons. The van der Waals surface area contributed by atoms with Gasteiger partial charge in [0.2, 0.25) is 5.91 Å². The van der Waals surface area contributed by atoms with E-state index < -0.39 is 36.0 Å². The Morgan fingerprint density at radius 3 is 2.30 bits per heavy atom. The summed E-state index contributed by atoms with van der Waals surface area (Å²) in [5.41, 5.74) is 7.30. The molecule has 0 fully saturated rings. The molecular weight excluding hydrogens is 582 g/mol. The Balaban J connectivity index is 2.27. The zero-order valence-electron chi connectivity index (χ0n) is 27.1. The van der Waals surface area contributed by atoms with Gasteiger partial charge < -0.3 is 20.1 Å². The fourth-order valence-electron chi connectivity index (χ4n) is 4.87. The number of ether oxygens (including phenoxy) is 2. The molecular formula is C32H47N5O6S. The van der Waals surface area contributed by atoms with Crippen LogP contribution in [0.5, 0.6) is 0 Å². The van der Waals surface area contributed by atoms with Crippen LogP contribution in [0.1, 0.15) is 88.0 Å². The van der Waals surface area contributed by atoms with E-state index in [0.29, 0.717) is 17.8 Å². The number of thiazole rings is 1. The van der Waals surface area contributed by atoms with Crippen molar-refractivity contribution in [1.29, 1.82) is 0 Å². The molecule has 2 N–H and O–H groups in total. The molecule has 2 rings (SSSR count). The zero-order chi connectivity index (χ0) is 33.0. The first-order chi connectivity index (χ1) is 20.8. The van der Waals surface area contributed by atoms with Gasteiger partial charge in [-0.3, -0.25) is 19.2 Å². The second-order valence-corrected chi connectivity index (χ2v) is 12.5. The van der Waals surface area contributed by atoms with Crippen molar-refractivity contribution < 1.29 is 28.7 Å². The Labute approximate surface area is 264 Å². The van der Waals surface area contributed by atoms with E-state index in [2.05, 4.69) is 15.2 Å². The third kappa shape index (κ3) is 10.9. The van der Waals surface area contributed by atoms with Crippen LogP contribution in [0.2, 0.25) is 0 Å². The molecule has 0 aliphatic heterocycles. The number of carbonyl (C=O) groups is 4. The maximum absolute atomic E-state index is 13.2. The van der Waals surface area contributed by atoms with Crippen LogP contribution in [0, 0.1) is 17.8 Å². The lowest BCUT2D eigenvalue weighted by Gasteiger charge is -2.35. The number of nitrogens with zero attached hydrogens (tertiary/aromatic N) is 4. The number of azo groups is 1. The summed E-state index contributed by atoms with van der Waals surface area (Å²) in [5, 5.41) is 10.2. The predicted octanol–water partition coefficient (Wildman–Crippen LogP) is 5.40. The minimum absolute atomic E-state index is 0.0136. The van der Waals surface area contributed by atoms with Gasteiger partial charge in [-0.15, -0.1) is 16.5 Å². The van der Waals surface area contributed by atoms with E-state index in [9.17, 15) is 19.2 Å². The van der Waals surface area contributed by atoms with Crippen molar-refractivity contribution in [2.45, 2.75) is 91.5 Å². The fourth-order valence-corrected chi connectivity index (χ4v) is 5.71. The number of hydrogen-bond acceptors (Lipinski definition) is 10. The van der Waals surface area contributed by atoms with Gasteiger partial charge >= 0.3 is 17.8 Å². The number of carbonyl (C=O) groups excluding carboxylic acids is 4. The summed E-state index contributed by atoms with van der Waals surface area (Å²) in [6, 6.07) is 8.23. The molecule has 0 unspecified atom stereocenters. The second kappa shape index (κ2) is 17.7. The molecule has 1 aromatic carbocycles. The van der Waals surface area contributed by atoms with Crippen LogP contribution < -0.4 is 5.73 Å². The maximum atomic E-state index is 13.2. The first-order valence-corrected chi connectivity index (χ1v) is 15.9. The van der Waals surface area contributed by atoms with Crippen molar-refractivity contribution in [2.75, 3.05) is 14.2 Å². The lowest BCUT2D eigenvalue weighted by atomic mass is 9.93. The van der Waals surface area contributed by atoms with Gasteiger partial charge in [0, 0.05) is 31.8 Å². The Morgan fingerprint density at radius 1 is 1.07 bits per heavy atom. The quantitative estimate of drug-likeness (QED) is 0.191. The number of rotatable bonds is 16. The fraction of sp³-hybridized carbons (Fsp3) is 0.594. The smallest absolute Gasteiger partial charge is 0.314 e. The Bertz CT molecular complexity index is 1270. The van der Waals surface area contributed by atoms with E-state index in [4.69, 9.17) is 15.2 Å². The zero-order valence-corrected chi connectivity index (χ0v) is 27.9. The van der Waals surface area contributed by atoms with E-state index in [1.807, 2.05) is 58.0 Å². The molecule has 6 atom stereocenters. The average Bonchev–Trinajstić information content (AvgIpc) is 3.50. The van der Waals surface area contributed by atoms with E-state index in [1.54, 1.807) is 24.3 Å². The molecule has 2 aromatic rings. The molecule has 0 bridgehead atoms. The van der Waals surface area contributed by atoms with Gasteiger partial charge in [0.25, 0.3) is 0 Å². The summed E-state index contributed by atoms with van der Waals surface area (Å²) in [4.78, 5) is 56.4. The largest absolute Gasteiger partial charge is 0.469 e. The Hall–Kier alpha value is -3.51. The SMILES string of the molecule is CC[C@H](C)[C@H](N)C(=O)N(C)[C@H](C[C@@H](OC(C)=O)c1nc(C(=O)N=N[C@@H](Cc2ccccc2)C[C@H](C)C(=O)OC)cs1)C(C)C. The standard InChI is InChI=1S/C32H47N5O6S/c1-9-20(4)28(33)31(40)37(7)26(19(2)3)17-27(43-22(6)38)30-34-25(18-44-30)29(39)36-35-24(15-21(5)32(41)42-8)16-23-13-11-10-12-14-23/h10-14,18-21,24,26-28H,9,15-17,33H2,1-8H3/t20-,21-,24+,26+,27+,28-/m0/s1. The molecule has 0 saturated heterocycles. The van der Waals surface area contributed by atoms with Gasteiger partial charge in [0.15, 0.2) is 6.10 Å². The first kappa shape index (κ1) is 36.7. The maximum Gasteiger partial charge on any atom is 0.314 e. The molecule has 0 spiro atoms.